The third-order valence-corrected chi connectivity index (χ3v) is 1.19. The quantitative estimate of drug-likeness (QED) is 0.363. The molecule has 0 aliphatic carbocycles. The second-order valence-electron chi connectivity index (χ2n) is 1.86. The number of esters is 1. The second-order valence-corrected chi connectivity index (χ2v) is 1.86. The smallest absolute Gasteiger partial charge is 0.870 e. The Morgan fingerprint density at radius 3 is 2.17 bits per heavy atom. The summed E-state index contributed by atoms with van der Waals surface area (Å²) in [5, 5.41) is 0. The van der Waals surface area contributed by atoms with Crippen LogP contribution in [0.15, 0.2) is 30.3 Å². The zero-order valence-electron chi connectivity index (χ0n) is 7.15. The molecule has 0 saturated heterocycles. The maximum Gasteiger partial charge on any atom is 1.00 e. The van der Waals surface area contributed by atoms with Gasteiger partial charge in [-0.05, 0) is 12.1 Å². The van der Waals surface area contributed by atoms with Gasteiger partial charge in [-0.25, -0.2) is 4.79 Å². The van der Waals surface area contributed by atoms with Crippen molar-refractivity contribution in [1.29, 1.82) is 0 Å². The fourth-order valence-corrected chi connectivity index (χ4v) is 0.692. The van der Waals surface area contributed by atoms with Crippen molar-refractivity contribution >= 4 is 5.97 Å². The number of ether oxygens (including phenoxy) is 1. The van der Waals surface area contributed by atoms with E-state index in [2.05, 4.69) is 4.74 Å². The van der Waals surface area contributed by atoms with Gasteiger partial charge in [0.2, 0.25) is 0 Å². The normalized spacial score (nSPS) is 7.42. The Morgan fingerprint density at radius 1 is 1.25 bits per heavy atom. The van der Waals surface area contributed by atoms with Gasteiger partial charge in [0.15, 0.2) is 0 Å². The van der Waals surface area contributed by atoms with E-state index in [-0.39, 0.29) is 30.3 Å². The predicted molar refractivity (Wildman–Crippen MR) is 39.7 cm³/mol. The van der Waals surface area contributed by atoms with Crippen molar-refractivity contribution < 1.29 is 33.9 Å². The van der Waals surface area contributed by atoms with Gasteiger partial charge < -0.3 is 10.2 Å². The van der Waals surface area contributed by atoms with Gasteiger partial charge in [-0.15, -0.1) is 0 Å². The van der Waals surface area contributed by atoms with E-state index in [0.717, 1.165) is 0 Å². The molecule has 60 valence electrons. The first kappa shape index (κ1) is 13.8. The van der Waals surface area contributed by atoms with Crippen LogP contribution in [0.25, 0.3) is 0 Å². The molecule has 0 aliphatic heterocycles. The van der Waals surface area contributed by atoms with Crippen LogP contribution < -0.4 is 18.9 Å². The molecule has 0 amide bonds. The van der Waals surface area contributed by atoms with Gasteiger partial charge in [0.25, 0.3) is 0 Å². The zero-order chi connectivity index (χ0) is 7.40. The van der Waals surface area contributed by atoms with E-state index in [9.17, 15) is 4.79 Å². The van der Waals surface area contributed by atoms with Gasteiger partial charge in [0.1, 0.15) is 0 Å². The Bertz CT molecular complexity index is 223. The Kier molecular flexibility index (Phi) is 7.97. The van der Waals surface area contributed by atoms with E-state index >= 15 is 0 Å². The van der Waals surface area contributed by atoms with Crippen LogP contribution in [-0.2, 0) is 4.74 Å². The van der Waals surface area contributed by atoms with Crippen molar-refractivity contribution in [1.82, 2.24) is 0 Å². The zero-order valence-corrected chi connectivity index (χ0v) is 7.15. The molecule has 1 aromatic carbocycles. The van der Waals surface area contributed by atoms with Crippen LogP contribution in [0.1, 0.15) is 10.4 Å². The fourth-order valence-electron chi connectivity index (χ4n) is 0.692. The molecule has 0 aliphatic rings. The molecule has 4 heteroatoms. The van der Waals surface area contributed by atoms with E-state index in [1.165, 1.54) is 7.11 Å². The Morgan fingerprint density at radius 2 is 1.75 bits per heavy atom. The Hall–Kier alpha value is -0.753. The number of carbonyl (C=O) groups is 1. The van der Waals surface area contributed by atoms with Crippen molar-refractivity contribution in [2.45, 2.75) is 0 Å². The predicted octanol–water partition coefficient (Wildman–Crippen LogP) is -1.70. The van der Waals surface area contributed by atoms with E-state index in [1.807, 2.05) is 6.07 Å². The molecule has 0 unspecified atom stereocenters. The number of hydrogen-bond acceptors (Lipinski definition) is 3. The fraction of sp³-hybridized carbons (Fsp3) is 0.125. The van der Waals surface area contributed by atoms with Gasteiger partial charge in [-0.2, -0.15) is 0 Å². The Balaban J connectivity index is 0. The van der Waals surface area contributed by atoms with Gasteiger partial charge in [0.05, 0.1) is 12.7 Å². The molecule has 0 heterocycles. The van der Waals surface area contributed by atoms with Gasteiger partial charge in [-0.3, -0.25) is 0 Å². The molecule has 1 N–H and O–H groups in total. The van der Waals surface area contributed by atoms with Crippen LogP contribution in [0, 0.1) is 0 Å². The average Bonchev–Trinajstić information content (AvgIpc) is 2.05. The SMILES string of the molecule is COC(=O)c1ccccc1.[Li+].[OH-]. The molecule has 12 heavy (non-hydrogen) atoms. The van der Waals surface area contributed by atoms with Crippen LogP contribution >= 0.6 is 0 Å². The molecular weight excluding hydrogens is 151 g/mol. The maximum absolute atomic E-state index is 10.8. The first-order valence-electron chi connectivity index (χ1n) is 2.98. The van der Waals surface area contributed by atoms with Crippen LogP contribution in [0.3, 0.4) is 0 Å². The first-order chi connectivity index (χ1) is 4.84. The summed E-state index contributed by atoms with van der Waals surface area (Å²) >= 11 is 0. The molecule has 0 atom stereocenters. The first-order valence-corrected chi connectivity index (χ1v) is 2.98. The van der Waals surface area contributed by atoms with E-state index in [0.29, 0.717) is 5.56 Å². The number of rotatable bonds is 1. The third kappa shape index (κ3) is 3.58. The molecule has 0 saturated carbocycles. The van der Waals surface area contributed by atoms with Crippen molar-refractivity contribution in [3.8, 4) is 0 Å². The molecule has 0 bridgehead atoms. The molecule has 0 fully saturated rings. The van der Waals surface area contributed by atoms with Gasteiger partial charge in [-0.1, -0.05) is 18.2 Å². The monoisotopic (exact) mass is 160 g/mol. The molecule has 0 aromatic heterocycles. The second kappa shape index (κ2) is 6.93. The summed E-state index contributed by atoms with van der Waals surface area (Å²) in [6.45, 7) is 0. The molecule has 0 radical (unpaired) electrons. The summed E-state index contributed by atoms with van der Waals surface area (Å²) in [5.74, 6) is -0.291. The van der Waals surface area contributed by atoms with Crippen molar-refractivity contribution in [3.05, 3.63) is 35.9 Å². The van der Waals surface area contributed by atoms with E-state index < -0.39 is 0 Å². The number of benzene rings is 1. The topological polar surface area (TPSA) is 56.3 Å². The maximum atomic E-state index is 10.8. The van der Waals surface area contributed by atoms with Crippen molar-refractivity contribution in [3.63, 3.8) is 0 Å². The number of carbonyl (C=O) groups excluding carboxylic acids is 1. The minimum absolute atomic E-state index is 0. The minimum atomic E-state index is -0.291. The largest absolute Gasteiger partial charge is 1.00 e. The van der Waals surface area contributed by atoms with Crippen LogP contribution in [0.5, 0.6) is 0 Å². The molecule has 0 spiro atoms. The minimum Gasteiger partial charge on any atom is -0.870 e. The number of methoxy groups -OCH3 is 1. The summed E-state index contributed by atoms with van der Waals surface area (Å²) in [6.07, 6.45) is 0. The summed E-state index contributed by atoms with van der Waals surface area (Å²) in [7, 11) is 1.37. The molecule has 1 aromatic rings. The summed E-state index contributed by atoms with van der Waals surface area (Å²) in [6, 6.07) is 8.88. The van der Waals surface area contributed by atoms with Crippen LogP contribution in [0.2, 0.25) is 0 Å². The van der Waals surface area contributed by atoms with E-state index in [1.54, 1.807) is 24.3 Å². The summed E-state index contributed by atoms with van der Waals surface area (Å²) in [4.78, 5) is 10.8. The third-order valence-electron chi connectivity index (χ3n) is 1.19. The Labute approximate surface area is 83.2 Å². The standard InChI is InChI=1S/C8H8O2.Li.H2O/c1-10-8(9)7-5-3-2-4-6-7;;/h2-6H,1H3;;1H2/q;+1;/p-1. The molecule has 1 rings (SSSR count). The summed E-state index contributed by atoms with van der Waals surface area (Å²) < 4.78 is 4.50. The van der Waals surface area contributed by atoms with Gasteiger partial charge >= 0.3 is 24.8 Å². The molecular formula is C8H9LiO3. The van der Waals surface area contributed by atoms with Crippen LogP contribution in [-0.4, -0.2) is 18.6 Å². The average molecular weight is 160 g/mol. The van der Waals surface area contributed by atoms with Crippen molar-refractivity contribution in [2.24, 2.45) is 0 Å². The van der Waals surface area contributed by atoms with Gasteiger partial charge in [0, 0.05) is 0 Å². The van der Waals surface area contributed by atoms with Crippen molar-refractivity contribution in [2.75, 3.05) is 7.11 Å². The van der Waals surface area contributed by atoms with E-state index in [4.69, 9.17) is 0 Å². The summed E-state index contributed by atoms with van der Waals surface area (Å²) in [5.41, 5.74) is 0.588. The van der Waals surface area contributed by atoms with Crippen LogP contribution in [0.4, 0.5) is 0 Å². The number of hydrogen-bond donors (Lipinski definition) is 0. The molecule has 3 nitrogen and oxygen atoms in total.